The third-order valence-electron chi connectivity index (χ3n) is 1.78. The molecule has 0 aromatic heterocycles. The highest BCUT2D eigenvalue weighted by molar-refractivity contribution is 6.39. The summed E-state index contributed by atoms with van der Waals surface area (Å²) in [6, 6.07) is 4.02. The Hall–Kier alpha value is -0.970. The van der Waals surface area contributed by atoms with Crippen LogP contribution in [-0.2, 0) is 4.79 Å². The van der Waals surface area contributed by atoms with E-state index in [2.05, 4.69) is 5.32 Å². The van der Waals surface area contributed by atoms with Crippen LogP contribution in [0.4, 0.5) is 5.69 Å². The molecule has 0 heterocycles. The second kappa shape index (κ2) is 5.21. The van der Waals surface area contributed by atoms with Gasteiger partial charge in [-0.25, -0.2) is 0 Å². The van der Waals surface area contributed by atoms with E-state index in [0.717, 1.165) is 0 Å². The zero-order valence-corrected chi connectivity index (χ0v) is 9.22. The molecule has 1 unspecified atom stereocenters. The average Bonchev–Trinajstić information content (AvgIpc) is 2.16. The number of carboxylic acids is 1. The Balaban J connectivity index is 2.69. The van der Waals surface area contributed by atoms with E-state index in [-0.39, 0.29) is 6.54 Å². The molecule has 0 saturated heterocycles. The zero-order chi connectivity index (χ0) is 11.4. The molecule has 4 nitrogen and oxygen atoms in total. The Morgan fingerprint density at radius 3 is 2.47 bits per heavy atom. The van der Waals surface area contributed by atoms with E-state index in [1.54, 1.807) is 18.2 Å². The first-order valence-electron chi connectivity index (χ1n) is 4.18. The number of halogens is 2. The molecule has 0 radical (unpaired) electrons. The molecule has 0 bridgehead atoms. The number of para-hydroxylation sites is 1. The predicted octanol–water partition coefficient (Wildman–Crippen LogP) is 1.82. The van der Waals surface area contributed by atoms with Gasteiger partial charge in [-0.1, -0.05) is 29.3 Å². The molecule has 1 rings (SSSR count). The van der Waals surface area contributed by atoms with E-state index >= 15 is 0 Å². The summed E-state index contributed by atoms with van der Waals surface area (Å²) in [5, 5.41) is 12.2. The quantitative estimate of drug-likeness (QED) is 0.760. The summed E-state index contributed by atoms with van der Waals surface area (Å²) >= 11 is 11.7. The first kappa shape index (κ1) is 12.1. The number of carboxylic acid groups (broad SMARTS) is 1. The van der Waals surface area contributed by atoms with Gasteiger partial charge in [0.15, 0.2) is 0 Å². The Kier molecular flexibility index (Phi) is 4.20. The average molecular weight is 249 g/mol. The van der Waals surface area contributed by atoms with Crippen molar-refractivity contribution in [1.29, 1.82) is 0 Å². The second-order valence-corrected chi connectivity index (χ2v) is 3.74. The molecule has 82 valence electrons. The minimum absolute atomic E-state index is 0.0682. The van der Waals surface area contributed by atoms with Gasteiger partial charge in [-0.15, -0.1) is 0 Å². The van der Waals surface area contributed by atoms with Crippen LogP contribution < -0.4 is 11.1 Å². The maximum absolute atomic E-state index is 10.5. The largest absolute Gasteiger partial charge is 0.480 e. The van der Waals surface area contributed by atoms with Crippen LogP contribution in [0.15, 0.2) is 18.2 Å². The van der Waals surface area contributed by atoms with Gasteiger partial charge in [-0.2, -0.15) is 0 Å². The molecule has 15 heavy (non-hydrogen) atoms. The van der Waals surface area contributed by atoms with Crippen molar-refractivity contribution in [3.05, 3.63) is 28.2 Å². The van der Waals surface area contributed by atoms with Gasteiger partial charge in [0.1, 0.15) is 6.04 Å². The number of rotatable bonds is 4. The zero-order valence-electron chi connectivity index (χ0n) is 7.71. The van der Waals surface area contributed by atoms with Crippen molar-refractivity contribution in [3.8, 4) is 0 Å². The fourth-order valence-corrected chi connectivity index (χ4v) is 1.50. The molecule has 0 aliphatic carbocycles. The second-order valence-electron chi connectivity index (χ2n) is 2.92. The van der Waals surface area contributed by atoms with Crippen molar-refractivity contribution >= 4 is 34.9 Å². The number of hydrogen-bond acceptors (Lipinski definition) is 3. The number of benzene rings is 1. The molecule has 1 aromatic rings. The summed E-state index contributed by atoms with van der Waals surface area (Å²) in [7, 11) is 0. The van der Waals surface area contributed by atoms with Crippen molar-refractivity contribution in [2.45, 2.75) is 6.04 Å². The molecule has 6 heteroatoms. The number of anilines is 1. The van der Waals surface area contributed by atoms with Crippen LogP contribution >= 0.6 is 23.2 Å². The van der Waals surface area contributed by atoms with Crippen molar-refractivity contribution in [2.75, 3.05) is 11.9 Å². The lowest BCUT2D eigenvalue weighted by Gasteiger charge is -2.12. The molecule has 0 spiro atoms. The van der Waals surface area contributed by atoms with Gasteiger partial charge in [0, 0.05) is 6.54 Å². The van der Waals surface area contributed by atoms with Crippen molar-refractivity contribution in [1.82, 2.24) is 0 Å². The van der Waals surface area contributed by atoms with E-state index in [0.29, 0.717) is 15.7 Å². The monoisotopic (exact) mass is 248 g/mol. The fourth-order valence-electron chi connectivity index (χ4n) is 0.966. The van der Waals surface area contributed by atoms with Crippen molar-refractivity contribution in [3.63, 3.8) is 0 Å². The van der Waals surface area contributed by atoms with Crippen LogP contribution in [-0.4, -0.2) is 23.7 Å². The van der Waals surface area contributed by atoms with Crippen LogP contribution in [0.1, 0.15) is 0 Å². The predicted molar refractivity (Wildman–Crippen MR) is 60.6 cm³/mol. The highest BCUT2D eigenvalue weighted by atomic mass is 35.5. The van der Waals surface area contributed by atoms with Gasteiger partial charge in [0.2, 0.25) is 0 Å². The normalized spacial score (nSPS) is 12.2. The molecule has 0 aliphatic heterocycles. The van der Waals surface area contributed by atoms with Crippen LogP contribution in [0.2, 0.25) is 10.0 Å². The van der Waals surface area contributed by atoms with Gasteiger partial charge in [-0.3, -0.25) is 4.79 Å². The molecule has 0 saturated carbocycles. The summed E-state index contributed by atoms with van der Waals surface area (Å²) in [6.07, 6.45) is 0. The number of nitrogens with one attached hydrogen (secondary N) is 1. The Morgan fingerprint density at radius 2 is 2.00 bits per heavy atom. The molecular weight excluding hydrogens is 239 g/mol. The van der Waals surface area contributed by atoms with Gasteiger partial charge < -0.3 is 16.2 Å². The van der Waals surface area contributed by atoms with E-state index < -0.39 is 12.0 Å². The number of carbonyl (C=O) groups is 1. The highest BCUT2D eigenvalue weighted by Crippen LogP contribution is 2.29. The minimum atomic E-state index is -1.08. The first-order chi connectivity index (χ1) is 7.02. The lowest BCUT2D eigenvalue weighted by molar-refractivity contribution is -0.138. The lowest BCUT2D eigenvalue weighted by Crippen LogP contribution is -2.37. The molecule has 1 aromatic carbocycles. The molecule has 0 aliphatic rings. The number of hydrogen-bond donors (Lipinski definition) is 3. The third kappa shape index (κ3) is 3.27. The first-order valence-corrected chi connectivity index (χ1v) is 4.94. The van der Waals surface area contributed by atoms with Crippen LogP contribution in [0.25, 0.3) is 0 Å². The van der Waals surface area contributed by atoms with Gasteiger partial charge in [0.25, 0.3) is 0 Å². The molecular formula is C9H10Cl2N2O2. The van der Waals surface area contributed by atoms with E-state index in [1.165, 1.54) is 0 Å². The summed E-state index contributed by atoms with van der Waals surface area (Å²) in [5.74, 6) is -1.08. The highest BCUT2D eigenvalue weighted by Gasteiger charge is 2.12. The van der Waals surface area contributed by atoms with E-state index in [1.807, 2.05) is 0 Å². The van der Waals surface area contributed by atoms with Crippen LogP contribution in [0.5, 0.6) is 0 Å². The Morgan fingerprint density at radius 1 is 1.47 bits per heavy atom. The van der Waals surface area contributed by atoms with Crippen molar-refractivity contribution in [2.24, 2.45) is 5.73 Å². The topological polar surface area (TPSA) is 75.3 Å². The molecule has 0 amide bonds. The summed E-state index contributed by atoms with van der Waals surface area (Å²) in [4.78, 5) is 10.5. The van der Waals surface area contributed by atoms with E-state index in [9.17, 15) is 4.79 Å². The SMILES string of the molecule is NC(CNc1c(Cl)cccc1Cl)C(=O)O. The van der Waals surface area contributed by atoms with Crippen LogP contribution in [0, 0.1) is 0 Å². The maximum atomic E-state index is 10.5. The summed E-state index contributed by atoms with van der Waals surface area (Å²) in [6.45, 7) is 0.0682. The third-order valence-corrected chi connectivity index (χ3v) is 2.41. The smallest absolute Gasteiger partial charge is 0.322 e. The Bertz CT molecular complexity index is 351. The van der Waals surface area contributed by atoms with Gasteiger partial charge in [-0.05, 0) is 12.1 Å². The molecule has 0 fully saturated rings. The van der Waals surface area contributed by atoms with Gasteiger partial charge >= 0.3 is 5.97 Å². The maximum Gasteiger partial charge on any atom is 0.322 e. The number of nitrogens with two attached hydrogens (primary N) is 1. The Labute approximate surface area is 97.0 Å². The minimum Gasteiger partial charge on any atom is -0.480 e. The fraction of sp³-hybridized carbons (Fsp3) is 0.222. The van der Waals surface area contributed by atoms with E-state index in [4.69, 9.17) is 34.0 Å². The molecule has 4 N–H and O–H groups in total. The van der Waals surface area contributed by atoms with Gasteiger partial charge in [0.05, 0.1) is 15.7 Å². The standard InChI is InChI=1S/C9H10Cl2N2O2/c10-5-2-1-3-6(11)8(5)13-4-7(12)9(14)15/h1-3,7,13H,4,12H2,(H,14,15). The summed E-state index contributed by atoms with van der Waals surface area (Å²) < 4.78 is 0. The van der Waals surface area contributed by atoms with Crippen molar-refractivity contribution < 1.29 is 9.90 Å². The molecule has 1 atom stereocenters. The number of aliphatic carboxylic acids is 1. The summed E-state index contributed by atoms with van der Waals surface area (Å²) in [5.41, 5.74) is 5.81. The lowest BCUT2D eigenvalue weighted by atomic mass is 10.2. The van der Waals surface area contributed by atoms with Crippen LogP contribution in [0.3, 0.4) is 0 Å².